The van der Waals surface area contributed by atoms with Crippen LogP contribution in [0.2, 0.25) is 0 Å². The SMILES string of the molecule is O=C(O)C(F)(F)F.O=Cc1cnn2c(NC3CC3)cc(Nc3ccncc3C(F)(F)F)nc12. The Kier molecular flexibility index (Phi) is 6.41. The Bertz CT molecular complexity index is 1170. The first kappa shape index (κ1) is 23.7. The summed E-state index contributed by atoms with van der Waals surface area (Å²) in [5, 5.41) is 17.2. The average Bonchev–Trinajstić information content (AvgIpc) is 3.43. The fourth-order valence-corrected chi connectivity index (χ4v) is 2.53. The molecule has 3 aromatic heterocycles. The summed E-state index contributed by atoms with van der Waals surface area (Å²) in [5.74, 6) is -2.04. The summed E-state index contributed by atoms with van der Waals surface area (Å²) in [7, 11) is 0. The van der Waals surface area contributed by atoms with Gasteiger partial charge in [0.15, 0.2) is 11.9 Å². The van der Waals surface area contributed by atoms with Crippen molar-refractivity contribution < 1.29 is 41.0 Å². The molecule has 1 aliphatic carbocycles. The quantitative estimate of drug-likeness (QED) is 0.375. The maximum Gasteiger partial charge on any atom is 0.490 e. The number of nitrogens with one attached hydrogen (secondary N) is 2. The monoisotopic (exact) mass is 476 g/mol. The lowest BCUT2D eigenvalue weighted by Crippen LogP contribution is -2.21. The Hall–Kier alpha value is -3.91. The van der Waals surface area contributed by atoms with E-state index < -0.39 is 23.9 Å². The molecule has 1 fully saturated rings. The highest BCUT2D eigenvalue weighted by Gasteiger charge is 2.38. The number of aldehydes is 1. The van der Waals surface area contributed by atoms with E-state index in [-0.39, 0.29) is 28.8 Å². The number of alkyl halides is 6. The molecule has 0 bridgehead atoms. The van der Waals surface area contributed by atoms with E-state index in [1.807, 2.05) is 0 Å². The molecule has 0 radical (unpaired) electrons. The maximum absolute atomic E-state index is 13.2. The van der Waals surface area contributed by atoms with Gasteiger partial charge in [-0.05, 0) is 18.9 Å². The molecule has 15 heteroatoms. The molecule has 3 aromatic rings. The van der Waals surface area contributed by atoms with Gasteiger partial charge in [-0.1, -0.05) is 0 Å². The lowest BCUT2D eigenvalue weighted by atomic mass is 10.2. The van der Waals surface area contributed by atoms with Gasteiger partial charge in [-0.25, -0.2) is 9.78 Å². The standard InChI is InChI=1S/C16H13F3N6O.C2HF3O2/c17-16(18,19)11-7-20-4-3-12(11)23-13-5-14(22-10-1-2-10)25-15(24-13)9(8-26)6-21-25;3-2(4,5)1(6)7/h3-8,10,22H,1-2H2,(H,20,23,24);(H,6,7). The highest BCUT2D eigenvalue weighted by Crippen LogP contribution is 2.35. The molecule has 9 nitrogen and oxygen atoms in total. The van der Waals surface area contributed by atoms with Gasteiger partial charge in [0.05, 0.1) is 23.0 Å². The fraction of sp³-hybridized carbons (Fsp3) is 0.278. The van der Waals surface area contributed by atoms with Gasteiger partial charge in [-0.3, -0.25) is 9.78 Å². The summed E-state index contributed by atoms with van der Waals surface area (Å²) in [6, 6.07) is 3.07. The van der Waals surface area contributed by atoms with Crippen LogP contribution in [0.3, 0.4) is 0 Å². The van der Waals surface area contributed by atoms with Crippen molar-refractivity contribution in [1.29, 1.82) is 0 Å². The van der Waals surface area contributed by atoms with Gasteiger partial charge in [0.2, 0.25) is 0 Å². The molecule has 3 heterocycles. The predicted octanol–water partition coefficient (Wildman–Crippen LogP) is 3.91. The zero-order valence-electron chi connectivity index (χ0n) is 16.3. The Morgan fingerprint density at radius 3 is 2.39 bits per heavy atom. The van der Waals surface area contributed by atoms with E-state index in [0.29, 0.717) is 12.1 Å². The van der Waals surface area contributed by atoms with Crippen LogP contribution in [0.15, 0.2) is 30.7 Å². The summed E-state index contributed by atoms with van der Waals surface area (Å²) >= 11 is 0. The van der Waals surface area contributed by atoms with Crippen LogP contribution >= 0.6 is 0 Å². The first-order valence-electron chi connectivity index (χ1n) is 9.09. The van der Waals surface area contributed by atoms with E-state index in [9.17, 15) is 31.1 Å². The molecule has 0 aromatic carbocycles. The number of anilines is 3. The maximum atomic E-state index is 13.2. The summed E-state index contributed by atoms with van der Waals surface area (Å²) in [4.78, 5) is 27.9. The zero-order valence-corrected chi connectivity index (χ0v) is 16.3. The average molecular weight is 476 g/mol. The van der Waals surface area contributed by atoms with Gasteiger partial charge in [0.1, 0.15) is 11.6 Å². The Morgan fingerprint density at radius 1 is 1.18 bits per heavy atom. The minimum atomic E-state index is -5.08. The van der Waals surface area contributed by atoms with Crippen LogP contribution in [-0.2, 0) is 11.0 Å². The number of nitrogens with zero attached hydrogens (tertiary/aromatic N) is 4. The Balaban J connectivity index is 0.000000383. The van der Waals surface area contributed by atoms with Crippen molar-refractivity contribution >= 4 is 35.2 Å². The van der Waals surface area contributed by atoms with E-state index in [2.05, 4.69) is 25.7 Å². The van der Waals surface area contributed by atoms with Crippen molar-refractivity contribution in [2.24, 2.45) is 0 Å². The minimum Gasteiger partial charge on any atom is -0.475 e. The largest absolute Gasteiger partial charge is 0.490 e. The fourth-order valence-electron chi connectivity index (χ4n) is 2.53. The van der Waals surface area contributed by atoms with Crippen LogP contribution in [0.25, 0.3) is 5.65 Å². The number of carboxylic acids is 1. The molecule has 4 rings (SSSR count). The number of aromatic nitrogens is 4. The van der Waals surface area contributed by atoms with E-state index in [1.54, 1.807) is 6.07 Å². The number of carbonyl (C=O) groups is 2. The third kappa shape index (κ3) is 5.87. The van der Waals surface area contributed by atoms with Gasteiger partial charge in [-0.15, -0.1) is 0 Å². The lowest BCUT2D eigenvalue weighted by molar-refractivity contribution is -0.192. The van der Waals surface area contributed by atoms with Crippen molar-refractivity contribution in [3.8, 4) is 0 Å². The van der Waals surface area contributed by atoms with Crippen LogP contribution in [0.5, 0.6) is 0 Å². The molecular weight excluding hydrogens is 462 g/mol. The van der Waals surface area contributed by atoms with Crippen LogP contribution < -0.4 is 10.6 Å². The number of carbonyl (C=O) groups excluding carboxylic acids is 1. The van der Waals surface area contributed by atoms with Crippen LogP contribution in [0.1, 0.15) is 28.8 Å². The van der Waals surface area contributed by atoms with Gasteiger partial charge >= 0.3 is 18.3 Å². The van der Waals surface area contributed by atoms with Crippen molar-refractivity contribution in [3.63, 3.8) is 0 Å². The van der Waals surface area contributed by atoms with Crippen molar-refractivity contribution in [3.05, 3.63) is 41.9 Å². The topological polar surface area (TPSA) is 122 Å². The van der Waals surface area contributed by atoms with Crippen molar-refractivity contribution in [2.75, 3.05) is 10.6 Å². The third-order valence-electron chi connectivity index (χ3n) is 4.19. The number of hydrogen-bond acceptors (Lipinski definition) is 7. The predicted molar refractivity (Wildman–Crippen MR) is 101 cm³/mol. The van der Waals surface area contributed by atoms with E-state index >= 15 is 0 Å². The molecule has 0 amide bonds. The van der Waals surface area contributed by atoms with Crippen LogP contribution in [0.4, 0.5) is 43.7 Å². The number of rotatable bonds is 5. The second-order valence-electron chi connectivity index (χ2n) is 6.75. The number of halogens is 6. The smallest absolute Gasteiger partial charge is 0.475 e. The lowest BCUT2D eigenvalue weighted by Gasteiger charge is -2.15. The van der Waals surface area contributed by atoms with Crippen molar-refractivity contribution in [2.45, 2.75) is 31.2 Å². The molecule has 176 valence electrons. The highest BCUT2D eigenvalue weighted by molar-refractivity contribution is 5.85. The molecule has 3 N–H and O–H groups in total. The van der Waals surface area contributed by atoms with Gasteiger partial charge in [0, 0.05) is 24.5 Å². The molecule has 0 spiro atoms. The number of carboxylic acid groups (broad SMARTS) is 1. The summed E-state index contributed by atoms with van der Waals surface area (Å²) < 4.78 is 72.7. The first-order chi connectivity index (χ1) is 15.4. The molecule has 0 unspecified atom stereocenters. The number of hydrogen-bond donors (Lipinski definition) is 3. The third-order valence-corrected chi connectivity index (χ3v) is 4.19. The molecule has 1 saturated carbocycles. The molecule has 0 atom stereocenters. The van der Waals surface area contributed by atoms with E-state index in [1.165, 1.54) is 23.0 Å². The van der Waals surface area contributed by atoms with E-state index in [0.717, 1.165) is 19.0 Å². The Morgan fingerprint density at radius 2 is 1.85 bits per heavy atom. The molecular formula is C18H14F6N6O3. The number of pyridine rings is 1. The van der Waals surface area contributed by atoms with Gasteiger partial charge < -0.3 is 15.7 Å². The number of aliphatic carboxylic acids is 1. The van der Waals surface area contributed by atoms with Crippen LogP contribution in [0, 0.1) is 0 Å². The normalized spacial score (nSPS) is 13.8. The second-order valence-corrected chi connectivity index (χ2v) is 6.75. The van der Waals surface area contributed by atoms with Crippen molar-refractivity contribution in [1.82, 2.24) is 19.6 Å². The minimum absolute atomic E-state index is 0.168. The van der Waals surface area contributed by atoms with Gasteiger partial charge in [0.25, 0.3) is 0 Å². The number of fused-ring (bicyclic) bond motifs is 1. The highest BCUT2D eigenvalue weighted by atomic mass is 19.4. The molecule has 0 aliphatic heterocycles. The summed E-state index contributed by atoms with van der Waals surface area (Å²) in [6.45, 7) is 0. The molecule has 0 saturated heterocycles. The second kappa shape index (κ2) is 8.91. The molecule has 33 heavy (non-hydrogen) atoms. The summed E-state index contributed by atoms with van der Waals surface area (Å²) in [6.07, 6.45) is -3.67. The van der Waals surface area contributed by atoms with Gasteiger partial charge in [-0.2, -0.15) is 36.0 Å². The molecule has 1 aliphatic rings. The van der Waals surface area contributed by atoms with E-state index in [4.69, 9.17) is 9.90 Å². The summed E-state index contributed by atoms with van der Waals surface area (Å²) in [5.41, 5.74) is -0.564. The zero-order chi connectivity index (χ0) is 24.4. The van der Waals surface area contributed by atoms with Crippen LogP contribution in [-0.4, -0.2) is 49.2 Å². The first-order valence-corrected chi connectivity index (χ1v) is 9.09. The Labute approximate surface area is 180 Å².